The molecule has 0 radical (unpaired) electrons. The average molecular weight is 468 g/mol. The Morgan fingerprint density at radius 3 is 2.53 bits per heavy atom. The number of aromatic nitrogens is 2. The lowest BCUT2D eigenvalue weighted by molar-refractivity contribution is -0.0970. The van der Waals surface area contributed by atoms with Crippen LogP contribution in [0.4, 0.5) is 0 Å². The molecule has 0 spiro atoms. The van der Waals surface area contributed by atoms with Crippen LogP contribution in [0.1, 0.15) is 11.8 Å². The van der Waals surface area contributed by atoms with Crippen molar-refractivity contribution in [1.82, 2.24) is 9.55 Å². The fourth-order valence-corrected chi connectivity index (χ4v) is 5.03. The maximum atomic E-state index is 12.3. The summed E-state index contributed by atoms with van der Waals surface area (Å²) in [6.45, 7) is 2.44. The van der Waals surface area contributed by atoms with Crippen LogP contribution in [0.5, 0.6) is 0 Å². The fraction of sp³-hybridized carbons (Fsp3) is 0.600. The van der Waals surface area contributed by atoms with Crippen molar-refractivity contribution < 1.29 is 42.5 Å². The molecule has 2 fully saturated rings. The number of aryl methyl sites for hydroxylation is 1. The first kappa shape index (κ1) is 23.3. The molecule has 3 rings (SSSR count). The zero-order valence-electron chi connectivity index (χ0n) is 16.3. The standard InChI is InChI=1S/C15H22N2O11P2/c1-8-6-17(14(19)16-12(8)18)13-11(26-5-4-25-2)15(28-29(3,20)21)9(10(15)27-13)7-30(22,23)24/h6-7,10-11,13H,4-5H2,1-3H3,(H,20,21)(H,16,18,19)(H2,22,23,24). The minimum Gasteiger partial charge on any atom is -0.382 e. The zero-order chi connectivity index (χ0) is 22.5. The number of rotatable bonds is 8. The Hall–Kier alpha value is -1.40. The SMILES string of the molecule is COCCOC1C(n2cc(C)c(=O)[nH]c2=O)OC2C(=CP(=O)(O)O)C21OP(C)(=O)O. The van der Waals surface area contributed by atoms with Crippen LogP contribution in [-0.4, -0.2) is 69.0 Å². The van der Waals surface area contributed by atoms with Crippen LogP contribution < -0.4 is 11.2 Å². The van der Waals surface area contributed by atoms with E-state index in [-0.39, 0.29) is 24.4 Å². The Morgan fingerprint density at radius 2 is 1.97 bits per heavy atom. The summed E-state index contributed by atoms with van der Waals surface area (Å²) in [5.74, 6) is 0.594. The second-order valence-corrected chi connectivity index (χ2v) is 10.3. The number of hydrogen-bond donors (Lipinski definition) is 4. The number of methoxy groups -OCH3 is 1. The van der Waals surface area contributed by atoms with Crippen molar-refractivity contribution in [2.75, 3.05) is 27.0 Å². The minimum absolute atomic E-state index is 0.0431. The lowest BCUT2D eigenvalue weighted by Gasteiger charge is -2.29. The number of fused-ring (bicyclic) bond motifs is 1. The van der Waals surface area contributed by atoms with Crippen LogP contribution in [0.15, 0.2) is 27.2 Å². The van der Waals surface area contributed by atoms with E-state index in [1.807, 2.05) is 0 Å². The van der Waals surface area contributed by atoms with Gasteiger partial charge in [-0.2, -0.15) is 0 Å². The van der Waals surface area contributed by atoms with Crippen LogP contribution in [0.3, 0.4) is 0 Å². The largest absolute Gasteiger partial charge is 0.382 e. The molecule has 168 valence electrons. The van der Waals surface area contributed by atoms with Crippen molar-refractivity contribution in [3.8, 4) is 0 Å². The molecule has 2 heterocycles. The van der Waals surface area contributed by atoms with Gasteiger partial charge in [0.05, 0.1) is 13.2 Å². The number of H-pyrrole nitrogens is 1. The van der Waals surface area contributed by atoms with Gasteiger partial charge in [0, 0.05) is 36.9 Å². The Morgan fingerprint density at radius 1 is 1.30 bits per heavy atom. The van der Waals surface area contributed by atoms with Gasteiger partial charge in [-0.05, 0) is 6.92 Å². The number of ether oxygens (including phenoxy) is 3. The minimum atomic E-state index is -4.68. The van der Waals surface area contributed by atoms with Gasteiger partial charge in [0.15, 0.2) is 11.8 Å². The second kappa shape index (κ2) is 7.94. The highest BCUT2D eigenvalue weighted by Gasteiger charge is 2.77. The third-order valence-corrected chi connectivity index (χ3v) is 5.88. The van der Waals surface area contributed by atoms with Gasteiger partial charge in [-0.25, -0.2) is 4.79 Å². The molecule has 0 bridgehead atoms. The van der Waals surface area contributed by atoms with E-state index in [0.717, 1.165) is 11.2 Å². The molecule has 0 aromatic carbocycles. The van der Waals surface area contributed by atoms with Crippen LogP contribution in [-0.2, 0) is 27.9 Å². The van der Waals surface area contributed by atoms with Gasteiger partial charge in [-0.3, -0.25) is 28.0 Å². The van der Waals surface area contributed by atoms with Crippen molar-refractivity contribution in [3.63, 3.8) is 0 Å². The van der Waals surface area contributed by atoms with Crippen molar-refractivity contribution >= 4 is 15.2 Å². The summed E-state index contributed by atoms with van der Waals surface area (Å²) >= 11 is 0. The van der Waals surface area contributed by atoms with Crippen molar-refractivity contribution in [3.05, 3.63) is 44.0 Å². The third kappa shape index (κ3) is 4.45. The highest BCUT2D eigenvalue weighted by atomic mass is 31.2. The van der Waals surface area contributed by atoms with E-state index < -0.39 is 50.5 Å². The number of nitrogens with one attached hydrogen (secondary N) is 1. The monoisotopic (exact) mass is 468 g/mol. The summed E-state index contributed by atoms with van der Waals surface area (Å²) < 4.78 is 46.3. The predicted octanol–water partition coefficient (Wildman–Crippen LogP) is -0.580. The van der Waals surface area contributed by atoms with E-state index in [0.29, 0.717) is 5.82 Å². The summed E-state index contributed by atoms with van der Waals surface area (Å²) in [4.78, 5) is 54.6. The molecule has 1 aromatic heterocycles. The fourth-order valence-electron chi connectivity index (χ4n) is 3.47. The van der Waals surface area contributed by atoms with E-state index >= 15 is 0 Å². The molecule has 2 aliphatic rings. The van der Waals surface area contributed by atoms with Crippen LogP contribution in [0.2, 0.25) is 0 Å². The van der Waals surface area contributed by atoms with Crippen LogP contribution in [0.25, 0.3) is 0 Å². The van der Waals surface area contributed by atoms with Crippen molar-refractivity contribution in [1.29, 1.82) is 0 Å². The molecule has 5 atom stereocenters. The van der Waals surface area contributed by atoms with Crippen LogP contribution in [0, 0.1) is 6.92 Å². The third-order valence-electron chi connectivity index (χ3n) is 4.63. The normalized spacial score (nSPS) is 31.5. The molecule has 0 amide bonds. The van der Waals surface area contributed by atoms with E-state index in [4.69, 9.17) is 18.7 Å². The number of aromatic amines is 1. The molecular formula is C15H22N2O11P2. The van der Waals surface area contributed by atoms with E-state index in [2.05, 4.69) is 4.98 Å². The molecule has 1 aromatic rings. The smallest absolute Gasteiger partial charge is 0.349 e. The molecule has 4 N–H and O–H groups in total. The maximum Gasteiger partial charge on any atom is 0.349 e. The number of nitrogens with zero attached hydrogens (tertiary/aromatic N) is 1. The van der Waals surface area contributed by atoms with Gasteiger partial charge in [0.25, 0.3) is 5.56 Å². The maximum absolute atomic E-state index is 12.3. The van der Waals surface area contributed by atoms with Gasteiger partial charge in [-0.15, -0.1) is 0 Å². The highest BCUT2D eigenvalue weighted by Crippen LogP contribution is 2.68. The van der Waals surface area contributed by atoms with Gasteiger partial charge in [0.2, 0.25) is 0 Å². The summed E-state index contributed by atoms with van der Waals surface area (Å²) in [6.07, 6.45) is -2.38. The molecule has 15 heteroatoms. The molecule has 1 aliphatic carbocycles. The topological polar surface area (TPSA) is 187 Å². The van der Waals surface area contributed by atoms with E-state index in [9.17, 15) is 33.4 Å². The Kier molecular flexibility index (Phi) is 6.16. The number of hydrogen-bond acceptors (Lipinski definition) is 8. The molecule has 5 unspecified atom stereocenters. The lowest BCUT2D eigenvalue weighted by atomic mass is 10.1. The molecule has 1 aliphatic heterocycles. The van der Waals surface area contributed by atoms with E-state index in [1.165, 1.54) is 20.2 Å². The highest BCUT2D eigenvalue weighted by molar-refractivity contribution is 7.55. The van der Waals surface area contributed by atoms with Crippen molar-refractivity contribution in [2.24, 2.45) is 0 Å². The summed E-state index contributed by atoms with van der Waals surface area (Å²) in [6, 6.07) is 0. The van der Waals surface area contributed by atoms with E-state index in [1.54, 1.807) is 0 Å². The van der Waals surface area contributed by atoms with Gasteiger partial charge < -0.3 is 28.9 Å². The summed E-state index contributed by atoms with van der Waals surface area (Å²) in [5, 5.41) is 0. The van der Waals surface area contributed by atoms with Gasteiger partial charge in [-0.1, -0.05) is 0 Å². The first-order valence-electron chi connectivity index (χ1n) is 8.67. The molecular weight excluding hydrogens is 446 g/mol. The summed E-state index contributed by atoms with van der Waals surface area (Å²) in [5.41, 5.74) is -3.10. The molecule has 1 saturated heterocycles. The first-order chi connectivity index (χ1) is 13.8. The lowest BCUT2D eigenvalue weighted by Crippen LogP contribution is -2.43. The predicted molar refractivity (Wildman–Crippen MR) is 101 cm³/mol. The second-order valence-electron chi connectivity index (χ2n) is 7.03. The summed E-state index contributed by atoms with van der Waals surface area (Å²) in [7, 11) is -7.46. The quantitative estimate of drug-likeness (QED) is 0.282. The Labute approximate surface area is 169 Å². The first-order valence-corrected chi connectivity index (χ1v) is 12.4. The molecule has 30 heavy (non-hydrogen) atoms. The Bertz CT molecular complexity index is 1070. The molecule has 13 nitrogen and oxygen atoms in total. The Balaban J connectivity index is 2.10. The zero-order valence-corrected chi connectivity index (χ0v) is 18.0. The average Bonchev–Trinajstić information content (AvgIpc) is 3.00. The van der Waals surface area contributed by atoms with Crippen molar-refractivity contribution in [2.45, 2.75) is 31.0 Å². The molecule has 1 saturated carbocycles. The van der Waals surface area contributed by atoms with Gasteiger partial charge in [0.1, 0.15) is 12.2 Å². The van der Waals surface area contributed by atoms with Gasteiger partial charge >= 0.3 is 20.9 Å². The van der Waals surface area contributed by atoms with Crippen LogP contribution >= 0.6 is 15.2 Å².